The fraction of sp³-hybridized carbons (Fsp3) is 1.00. The highest BCUT2D eigenvalue weighted by Crippen LogP contribution is 2.64. The van der Waals surface area contributed by atoms with Crippen molar-refractivity contribution in [3.8, 4) is 0 Å². The van der Waals surface area contributed by atoms with Crippen LogP contribution in [-0.4, -0.2) is 18.0 Å². The molecule has 0 saturated carbocycles. The average molecular weight is 341 g/mol. The smallest absolute Gasteiger partial charge is 0.247 e. The van der Waals surface area contributed by atoms with E-state index in [-0.39, 0.29) is 17.6 Å². The minimum Gasteiger partial charge on any atom is -0.319 e. The summed E-state index contributed by atoms with van der Waals surface area (Å²) in [6, 6.07) is 0. The van der Waals surface area contributed by atoms with E-state index >= 15 is 0 Å². The molecule has 0 aromatic heterocycles. The van der Waals surface area contributed by atoms with Crippen molar-refractivity contribution in [2.24, 2.45) is 5.41 Å². The average Bonchev–Trinajstić information content (AvgIpc) is 2.25. The molecule has 0 aliphatic rings. The molecule has 2 unspecified atom stereocenters. The van der Waals surface area contributed by atoms with Gasteiger partial charge in [0.05, 0.1) is 12.2 Å². The first-order valence-corrected chi connectivity index (χ1v) is 12.0. The van der Waals surface area contributed by atoms with E-state index in [9.17, 15) is 0 Å². The standard InChI is InChI=1S/C15H33O2PS2/c1-8-10-13(3)16-18(19,17-14(4)11-9-2)20-12-15(5,6)7/h13-14H,8-12H2,1-7H3. The minimum atomic E-state index is -2.24. The molecule has 2 nitrogen and oxygen atoms in total. The Morgan fingerprint density at radius 2 is 1.40 bits per heavy atom. The van der Waals surface area contributed by atoms with Gasteiger partial charge in [-0.15, -0.1) is 0 Å². The predicted molar refractivity (Wildman–Crippen MR) is 97.1 cm³/mol. The molecule has 0 fully saturated rings. The lowest BCUT2D eigenvalue weighted by atomic mass is 10.0. The summed E-state index contributed by atoms with van der Waals surface area (Å²) in [7, 11) is 0. The molecular formula is C15H33O2PS2. The summed E-state index contributed by atoms with van der Waals surface area (Å²) in [5, 5.41) is 0. The summed E-state index contributed by atoms with van der Waals surface area (Å²) >= 11 is 7.50. The van der Waals surface area contributed by atoms with Gasteiger partial charge in [-0.1, -0.05) is 58.8 Å². The Kier molecular flexibility index (Phi) is 10.3. The summed E-state index contributed by atoms with van der Waals surface area (Å²) < 4.78 is 12.3. The third-order valence-electron chi connectivity index (χ3n) is 2.66. The Hall–Kier alpha value is 0.920. The maximum atomic E-state index is 6.16. The molecule has 20 heavy (non-hydrogen) atoms. The summed E-state index contributed by atoms with van der Waals surface area (Å²) in [4.78, 5) is 0. The normalized spacial score (nSPS) is 18.6. The van der Waals surface area contributed by atoms with Crippen LogP contribution in [-0.2, 0) is 20.9 Å². The van der Waals surface area contributed by atoms with Gasteiger partial charge in [0.15, 0.2) is 0 Å². The number of hydrogen-bond donors (Lipinski definition) is 0. The van der Waals surface area contributed by atoms with Gasteiger partial charge < -0.3 is 9.05 Å². The topological polar surface area (TPSA) is 18.5 Å². The molecule has 5 heteroatoms. The lowest BCUT2D eigenvalue weighted by molar-refractivity contribution is 0.157. The molecule has 0 aromatic carbocycles. The monoisotopic (exact) mass is 340 g/mol. The third-order valence-corrected chi connectivity index (χ3v) is 8.53. The van der Waals surface area contributed by atoms with Crippen LogP contribution in [0.1, 0.15) is 74.1 Å². The highest BCUT2D eigenvalue weighted by atomic mass is 32.9. The first kappa shape index (κ1) is 20.9. The van der Waals surface area contributed by atoms with Crippen LogP contribution in [0.25, 0.3) is 0 Å². The van der Waals surface area contributed by atoms with Gasteiger partial charge in [-0.05, 0) is 43.9 Å². The second kappa shape index (κ2) is 9.84. The van der Waals surface area contributed by atoms with Gasteiger partial charge in [0, 0.05) is 5.75 Å². The minimum absolute atomic E-state index is 0.187. The van der Waals surface area contributed by atoms with Crippen molar-refractivity contribution in [3.63, 3.8) is 0 Å². The van der Waals surface area contributed by atoms with Crippen LogP contribution in [0.15, 0.2) is 0 Å². The van der Waals surface area contributed by atoms with E-state index in [1.165, 1.54) is 0 Å². The molecule has 0 aliphatic carbocycles. The van der Waals surface area contributed by atoms with E-state index in [0.29, 0.717) is 0 Å². The van der Waals surface area contributed by atoms with Crippen LogP contribution in [0.3, 0.4) is 0 Å². The van der Waals surface area contributed by atoms with Crippen molar-refractivity contribution >= 4 is 28.9 Å². The van der Waals surface area contributed by atoms with Gasteiger partial charge in [-0.2, -0.15) is 0 Å². The van der Waals surface area contributed by atoms with Crippen molar-refractivity contribution in [2.75, 3.05) is 5.75 Å². The maximum Gasteiger partial charge on any atom is 0.247 e. The van der Waals surface area contributed by atoms with E-state index in [1.807, 2.05) is 0 Å². The molecule has 0 N–H and O–H groups in total. The molecule has 0 spiro atoms. The molecule has 0 aliphatic heterocycles. The molecule has 0 radical (unpaired) electrons. The Bertz CT molecular complexity index is 285. The van der Waals surface area contributed by atoms with Crippen molar-refractivity contribution in [3.05, 3.63) is 0 Å². The summed E-state index contributed by atoms with van der Waals surface area (Å²) in [5.41, 5.74) is -2.00. The first-order valence-electron chi connectivity index (χ1n) is 7.73. The van der Waals surface area contributed by atoms with E-state index in [2.05, 4.69) is 48.5 Å². The fourth-order valence-corrected chi connectivity index (χ4v) is 7.77. The van der Waals surface area contributed by atoms with Crippen LogP contribution in [0.4, 0.5) is 0 Å². The zero-order chi connectivity index (χ0) is 15.8. The van der Waals surface area contributed by atoms with Gasteiger partial charge >= 0.3 is 0 Å². The zero-order valence-corrected chi connectivity index (χ0v) is 16.8. The van der Waals surface area contributed by atoms with E-state index in [0.717, 1.165) is 31.4 Å². The van der Waals surface area contributed by atoms with Crippen LogP contribution in [0, 0.1) is 5.41 Å². The van der Waals surface area contributed by atoms with Crippen molar-refractivity contribution in [1.82, 2.24) is 0 Å². The first-order chi connectivity index (χ1) is 9.12. The molecule has 0 saturated heterocycles. The molecule has 0 heterocycles. The van der Waals surface area contributed by atoms with Crippen molar-refractivity contribution < 1.29 is 9.05 Å². The zero-order valence-electron chi connectivity index (χ0n) is 14.3. The molecule has 0 aromatic rings. The van der Waals surface area contributed by atoms with Gasteiger partial charge in [0.1, 0.15) is 0 Å². The maximum absolute atomic E-state index is 6.16. The van der Waals surface area contributed by atoms with E-state index < -0.39 is 5.69 Å². The molecule has 122 valence electrons. The highest BCUT2D eigenvalue weighted by molar-refractivity contribution is 8.67. The second-order valence-corrected chi connectivity index (χ2v) is 12.9. The van der Waals surface area contributed by atoms with Crippen LogP contribution < -0.4 is 0 Å². The summed E-state index contributed by atoms with van der Waals surface area (Å²) in [6.45, 7) is 15.2. The van der Waals surface area contributed by atoms with Crippen LogP contribution in [0.2, 0.25) is 0 Å². The Labute approximate surface area is 135 Å². The Balaban J connectivity index is 4.70. The van der Waals surface area contributed by atoms with Gasteiger partial charge in [-0.25, -0.2) is 0 Å². The second-order valence-electron chi connectivity index (χ2n) is 6.69. The van der Waals surface area contributed by atoms with Gasteiger partial charge in [0.2, 0.25) is 5.69 Å². The lowest BCUT2D eigenvalue weighted by Gasteiger charge is -2.30. The third kappa shape index (κ3) is 10.6. The van der Waals surface area contributed by atoms with Gasteiger partial charge in [0.25, 0.3) is 0 Å². The summed E-state index contributed by atoms with van der Waals surface area (Å²) in [5.74, 6) is 0.974. The molecular weight excluding hydrogens is 307 g/mol. The van der Waals surface area contributed by atoms with Crippen molar-refractivity contribution in [2.45, 2.75) is 86.4 Å². The molecule has 2 atom stereocenters. The Morgan fingerprint density at radius 3 is 1.70 bits per heavy atom. The molecule has 0 rings (SSSR count). The summed E-state index contributed by atoms with van der Waals surface area (Å²) in [6.07, 6.45) is 4.69. The Morgan fingerprint density at radius 1 is 1.00 bits per heavy atom. The van der Waals surface area contributed by atoms with Crippen molar-refractivity contribution in [1.29, 1.82) is 0 Å². The molecule has 0 amide bonds. The quantitative estimate of drug-likeness (QED) is 0.428. The fourth-order valence-electron chi connectivity index (χ4n) is 1.72. The van der Waals surface area contributed by atoms with Crippen LogP contribution in [0.5, 0.6) is 0 Å². The van der Waals surface area contributed by atoms with Crippen LogP contribution >= 0.6 is 17.1 Å². The SMILES string of the molecule is CCCC(C)OP(=S)(OC(C)CCC)SCC(C)(C)C. The van der Waals surface area contributed by atoms with E-state index in [4.69, 9.17) is 20.9 Å². The molecule has 0 bridgehead atoms. The number of hydrogen-bond acceptors (Lipinski definition) is 4. The van der Waals surface area contributed by atoms with E-state index in [1.54, 1.807) is 11.4 Å². The largest absolute Gasteiger partial charge is 0.319 e. The number of rotatable bonds is 10. The predicted octanol–water partition coefficient (Wildman–Crippen LogP) is 6.40. The van der Waals surface area contributed by atoms with Gasteiger partial charge in [-0.3, -0.25) is 0 Å². The lowest BCUT2D eigenvalue weighted by Crippen LogP contribution is -2.14. The highest BCUT2D eigenvalue weighted by Gasteiger charge is 2.27.